The van der Waals surface area contributed by atoms with Crippen LogP contribution < -0.4 is 9.47 Å². The van der Waals surface area contributed by atoms with Gasteiger partial charge in [-0.3, -0.25) is 10.0 Å². The van der Waals surface area contributed by atoms with Crippen molar-refractivity contribution in [1.29, 1.82) is 0 Å². The summed E-state index contributed by atoms with van der Waals surface area (Å²) in [5.41, 5.74) is 1.11. The number of thiophene rings is 1. The smallest absolute Gasteiger partial charge is 0.233 e. The van der Waals surface area contributed by atoms with E-state index in [0.29, 0.717) is 40.9 Å². The molecule has 4 rings (SSSR count). The molecule has 0 aliphatic carbocycles. The van der Waals surface area contributed by atoms with Crippen LogP contribution in [0.5, 0.6) is 11.5 Å². The van der Waals surface area contributed by atoms with Gasteiger partial charge in [-0.2, -0.15) is 0 Å². The fourth-order valence-corrected chi connectivity index (χ4v) is 5.85. The maximum absolute atomic E-state index is 12.9. The third kappa shape index (κ3) is 4.58. The van der Waals surface area contributed by atoms with E-state index >= 15 is 0 Å². The highest BCUT2D eigenvalue weighted by molar-refractivity contribution is 7.90. The zero-order valence-corrected chi connectivity index (χ0v) is 17.7. The monoisotopic (exact) mass is 447 g/mol. The van der Waals surface area contributed by atoms with Crippen molar-refractivity contribution in [2.75, 3.05) is 19.0 Å². The second kappa shape index (κ2) is 8.63. The summed E-state index contributed by atoms with van der Waals surface area (Å²) in [6, 6.07) is 11.3. The molecule has 7 nitrogen and oxygen atoms in total. The Kier molecular flexibility index (Phi) is 5.94. The summed E-state index contributed by atoms with van der Waals surface area (Å²) in [4.78, 5) is 11.3. The van der Waals surface area contributed by atoms with Gasteiger partial charge >= 0.3 is 0 Å². The summed E-state index contributed by atoms with van der Waals surface area (Å²) < 4.78 is 38.2. The minimum atomic E-state index is -3.65. The zero-order chi connectivity index (χ0) is 21.1. The summed E-state index contributed by atoms with van der Waals surface area (Å²) in [6.45, 7) is 1.00. The Morgan fingerprint density at radius 2 is 1.90 bits per heavy atom. The third-order valence-electron chi connectivity index (χ3n) is 4.90. The molecule has 0 radical (unpaired) electrons. The minimum absolute atomic E-state index is 0.188. The number of fused-ring (bicyclic) bond motifs is 2. The third-order valence-corrected chi connectivity index (χ3v) is 7.39. The molecule has 0 spiro atoms. The highest BCUT2D eigenvalue weighted by Gasteiger charge is 2.27. The standard InChI is InChI=1S/C21H21NO6S2/c23-14-22(24)18(16-3-4-19-20(11-16)28-8-1-7-27-19)13-30(25,26)12-15-2-5-21-17(10-15)6-9-29-21/h2-6,9-11,14,18,24H,1,7-8,12-13H2/t18-/m1/s1. The van der Waals surface area contributed by atoms with Crippen LogP contribution in [0.15, 0.2) is 47.8 Å². The van der Waals surface area contributed by atoms with E-state index in [-0.39, 0.29) is 12.2 Å². The number of benzene rings is 2. The summed E-state index contributed by atoms with van der Waals surface area (Å²) in [5.74, 6) is 0.405. The van der Waals surface area contributed by atoms with Crippen molar-refractivity contribution < 1.29 is 27.9 Å². The summed E-state index contributed by atoms with van der Waals surface area (Å²) >= 11 is 1.59. The van der Waals surface area contributed by atoms with Gasteiger partial charge in [-0.15, -0.1) is 11.3 Å². The number of hydrogen-bond donors (Lipinski definition) is 1. The molecular weight excluding hydrogens is 426 g/mol. The van der Waals surface area contributed by atoms with Gasteiger partial charge in [0.2, 0.25) is 6.41 Å². The minimum Gasteiger partial charge on any atom is -0.490 e. The molecule has 158 valence electrons. The van der Waals surface area contributed by atoms with Crippen molar-refractivity contribution >= 4 is 37.7 Å². The Labute approximate surface area is 178 Å². The topological polar surface area (TPSA) is 93.1 Å². The van der Waals surface area contributed by atoms with Crippen LogP contribution in [0.3, 0.4) is 0 Å². The number of hydroxylamine groups is 2. The lowest BCUT2D eigenvalue weighted by Gasteiger charge is -2.23. The Morgan fingerprint density at radius 1 is 1.10 bits per heavy atom. The van der Waals surface area contributed by atoms with E-state index in [9.17, 15) is 18.4 Å². The Bertz CT molecular complexity index is 1160. The number of ether oxygens (including phenoxy) is 2. The molecule has 0 fully saturated rings. The van der Waals surface area contributed by atoms with Gasteiger partial charge in [0.15, 0.2) is 21.3 Å². The van der Waals surface area contributed by atoms with Crippen LogP contribution in [-0.4, -0.2) is 44.1 Å². The maximum atomic E-state index is 12.9. The molecule has 1 aliphatic rings. The lowest BCUT2D eigenvalue weighted by atomic mass is 10.1. The highest BCUT2D eigenvalue weighted by Crippen LogP contribution is 2.34. The van der Waals surface area contributed by atoms with Crippen LogP contribution in [0.4, 0.5) is 0 Å². The van der Waals surface area contributed by atoms with Crippen LogP contribution in [0.2, 0.25) is 0 Å². The average molecular weight is 448 g/mol. The first-order chi connectivity index (χ1) is 14.4. The second-order valence-electron chi connectivity index (χ2n) is 7.11. The molecule has 0 saturated heterocycles. The van der Waals surface area contributed by atoms with Crippen molar-refractivity contribution in [2.24, 2.45) is 0 Å². The number of sulfone groups is 1. The van der Waals surface area contributed by atoms with Gasteiger partial charge in [-0.25, -0.2) is 13.5 Å². The van der Waals surface area contributed by atoms with Crippen molar-refractivity contribution in [3.05, 3.63) is 59.0 Å². The lowest BCUT2D eigenvalue weighted by Crippen LogP contribution is -2.30. The van der Waals surface area contributed by atoms with E-state index in [1.54, 1.807) is 35.6 Å². The van der Waals surface area contributed by atoms with E-state index in [1.807, 2.05) is 23.6 Å². The van der Waals surface area contributed by atoms with E-state index in [0.717, 1.165) is 16.5 Å². The Morgan fingerprint density at radius 3 is 2.70 bits per heavy atom. The number of hydrogen-bond acceptors (Lipinski definition) is 7. The quantitative estimate of drug-likeness (QED) is 0.338. The van der Waals surface area contributed by atoms with Crippen LogP contribution in [-0.2, 0) is 20.4 Å². The molecule has 1 atom stereocenters. The molecule has 2 heterocycles. The summed E-state index contributed by atoms with van der Waals surface area (Å²) in [6.07, 6.45) is 0.942. The largest absolute Gasteiger partial charge is 0.490 e. The van der Waals surface area contributed by atoms with Gasteiger partial charge < -0.3 is 9.47 Å². The highest BCUT2D eigenvalue weighted by atomic mass is 32.2. The van der Waals surface area contributed by atoms with Gasteiger partial charge in [-0.05, 0) is 52.2 Å². The van der Waals surface area contributed by atoms with E-state index in [4.69, 9.17) is 9.47 Å². The number of nitrogens with zero attached hydrogens (tertiary/aromatic N) is 1. The van der Waals surface area contributed by atoms with Gasteiger partial charge in [0.05, 0.1) is 30.8 Å². The summed E-state index contributed by atoms with van der Waals surface area (Å²) in [5, 5.41) is 13.4. The number of rotatable bonds is 7. The molecule has 1 aliphatic heterocycles. The number of carbonyl (C=O) groups is 1. The fraction of sp³-hybridized carbons (Fsp3) is 0.286. The molecule has 1 N–H and O–H groups in total. The van der Waals surface area contributed by atoms with Gasteiger partial charge in [0.25, 0.3) is 0 Å². The van der Waals surface area contributed by atoms with Crippen molar-refractivity contribution in [3.63, 3.8) is 0 Å². The zero-order valence-electron chi connectivity index (χ0n) is 16.1. The molecule has 0 saturated carbocycles. The second-order valence-corrected chi connectivity index (χ2v) is 10.2. The number of amides is 1. The van der Waals surface area contributed by atoms with Gasteiger partial charge in [0.1, 0.15) is 0 Å². The van der Waals surface area contributed by atoms with Crippen LogP contribution in [0, 0.1) is 0 Å². The first kappa shape index (κ1) is 20.6. The molecule has 1 amide bonds. The molecule has 1 aromatic heterocycles. The van der Waals surface area contributed by atoms with E-state index in [2.05, 4.69) is 0 Å². The van der Waals surface area contributed by atoms with Crippen LogP contribution in [0.25, 0.3) is 10.1 Å². The summed E-state index contributed by atoms with van der Waals surface area (Å²) in [7, 11) is -3.65. The number of carbonyl (C=O) groups excluding carboxylic acids is 1. The maximum Gasteiger partial charge on any atom is 0.233 e. The predicted octanol–water partition coefficient (Wildman–Crippen LogP) is 3.57. The van der Waals surface area contributed by atoms with Crippen LogP contribution >= 0.6 is 11.3 Å². The first-order valence-corrected chi connectivity index (χ1v) is 12.1. The van der Waals surface area contributed by atoms with Crippen molar-refractivity contribution in [2.45, 2.75) is 18.2 Å². The Hall–Kier alpha value is -2.62. The van der Waals surface area contributed by atoms with E-state index in [1.165, 1.54) is 0 Å². The fourth-order valence-electron chi connectivity index (χ4n) is 3.45. The van der Waals surface area contributed by atoms with E-state index < -0.39 is 21.6 Å². The SMILES string of the molecule is O=CN(O)[C@H](CS(=O)(=O)Cc1ccc2sccc2c1)c1ccc2c(c1)OCCCO2. The molecule has 0 bridgehead atoms. The Balaban J connectivity index is 1.59. The molecular formula is C21H21NO6S2. The molecule has 2 aromatic carbocycles. The van der Waals surface area contributed by atoms with Gasteiger partial charge in [0, 0.05) is 11.1 Å². The molecule has 9 heteroatoms. The normalized spacial score (nSPS) is 14.8. The lowest BCUT2D eigenvalue weighted by molar-refractivity contribution is -0.158. The molecule has 0 unspecified atom stereocenters. The predicted molar refractivity (Wildman–Crippen MR) is 114 cm³/mol. The van der Waals surface area contributed by atoms with Gasteiger partial charge in [-0.1, -0.05) is 12.1 Å². The first-order valence-electron chi connectivity index (χ1n) is 9.44. The average Bonchev–Trinajstić information content (AvgIpc) is 3.06. The van der Waals surface area contributed by atoms with Crippen molar-refractivity contribution in [3.8, 4) is 11.5 Å². The van der Waals surface area contributed by atoms with Crippen LogP contribution in [0.1, 0.15) is 23.6 Å². The molecule has 3 aromatic rings. The van der Waals surface area contributed by atoms with Crippen molar-refractivity contribution in [1.82, 2.24) is 5.06 Å². The molecule has 30 heavy (non-hydrogen) atoms.